The summed E-state index contributed by atoms with van der Waals surface area (Å²) in [5.41, 5.74) is 3.39. The van der Waals surface area contributed by atoms with Gasteiger partial charge in [-0.3, -0.25) is 9.78 Å². The van der Waals surface area contributed by atoms with Crippen LogP contribution in [0.3, 0.4) is 0 Å². The summed E-state index contributed by atoms with van der Waals surface area (Å²) in [6, 6.07) is 13.3. The van der Waals surface area contributed by atoms with Crippen LogP contribution in [0.1, 0.15) is 21.7 Å². The van der Waals surface area contributed by atoms with Gasteiger partial charge >= 0.3 is 0 Å². The average molecular weight is 350 g/mol. The highest BCUT2D eigenvalue weighted by Gasteiger charge is 2.17. The SMILES string of the molecule is COc1ccc(-n2nc(C(=O)N(C)CCc3ccncc3)cc2C)cc1. The number of benzene rings is 1. The van der Waals surface area contributed by atoms with Crippen LogP contribution in [0.4, 0.5) is 0 Å². The number of aromatic nitrogens is 3. The number of pyridine rings is 1. The van der Waals surface area contributed by atoms with Crippen LogP contribution in [-0.4, -0.2) is 46.3 Å². The van der Waals surface area contributed by atoms with E-state index in [9.17, 15) is 4.79 Å². The summed E-state index contributed by atoms with van der Waals surface area (Å²) in [7, 11) is 3.43. The largest absolute Gasteiger partial charge is 0.497 e. The fourth-order valence-electron chi connectivity index (χ4n) is 2.71. The molecule has 0 saturated carbocycles. The van der Waals surface area contributed by atoms with Crippen LogP contribution in [0.25, 0.3) is 5.69 Å². The molecule has 0 radical (unpaired) electrons. The summed E-state index contributed by atoms with van der Waals surface area (Å²) < 4.78 is 6.95. The van der Waals surface area contributed by atoms with E-state index in [0.717, 1.165) is 29.1 Å². The molecule has 6 nitrogen and oxygen atoms in total. The molecule has 134 valence electrons. The lowest BCUT2D eigenvalue weighted by atomic mass is 10.2. The van der Waals surface area contributed by atoms with E-state index in [-0.39, 0.29) is 5.91 Å². The number of methoxy groups -OCH3 is 1. The second-order valence-corrected chi connectivity index (χ2v) is 6.11. The maximum Gasteiger partial charge on any atom is 0.274 e. The predicted molar refractivity (Wildman–Crippen MR) is 99.8 cm³/mol. The third-order valence-electron chi connectivity index (χ3n) is 4.26. The van der Waals surface area contributed by atoms with Crippen LogP contribution < -0.4 is 4.74 Å². The topological polar surface area (TPSA) is 60.3 Å². The number of carbonyl (C=O) groups excluding carboxylic acids is 1. The van der Waals surface area contributed by atoms with Gasteiger partial charge in [-0.15, -0.1) is 0 Å². The second kappa shape index (κ2) is 7.82. The molecular weight excluding hydrogens is 328 g/mol. The van der Waals surface area contributed by atoms with Crippen molar-refractivity contribution < 1.29 is 9.53 Å². The van der Waals surface area contributed by atoms with Crippen LogP contribution in [0.5, 0.6) is 5.75 Å². The lowest BCUT2D eigenvalue weighted by Crippen LogP contribution is -2.29. The van der Waals surface area contributed by atoms with Gasteiger partial charge in [-0.2, -0.15) is 5.10 Å². The van der Waals surface area contributed by atoms with Gasteiger partial charge in [0.2, 0.25) is 0 Å². The standard InChI is InChI=1S/C20H22N4O2/c1-15-14-19(22-24(15)17-4-6-18(26-3)7-5-17)20(25)23(2)13-10-16-8-11-21-12-9-16/h4-9,11-12,14H,10,13H2,1-3H3. The molecule has 2 heterocycles. The minimum atomic E-state index is -0.0885. The van der Waals surface area contributed by atoms with Gasteiger partial charge in [0.05, 0.1) is 12.8 Å². The summed E-state index contributed by atoms with van der Waals surface area (Å²) >= 11 is 0. The van der Waals surface area contributed by atoms with Crippen molar-refractivity contribution in [2.75, 3.05) is 20.7 Å². The van der Waals surface area contributed by atoms with E-state index in [1.807, 2.05) is 49.4 Å². The zero-order chi connectivity index (χ0) is 18.5. The molecule has 0 bridgehead atoms. The van der Waals surface area contributed by atoms with Crippen molar-refractivity contribution in [3.8, 4) is 11.4 Å². The van der Waals surface area contributed by atoms with Crippen molar-refractivity contribution >= 4 is 5.91 Å². The number of likely N-dealkylation sites (N-methyl/N-ethyl adjacent to an activating group) is 1. The number of hydrogen-bond donors (Lipinski definition) is 0. The number of aryl methyl sites for hydroxylation is 1. The van der Waals surface area contributed by atoms with Gasteiger partial charge in [-0.05, 0) is 61.4 Å². The van der Waals surface area contributed by atoms with Gasteiger partial charge in [0.25, 0.3) is 5.91 Å². The first-order chi connectivity index (χ1) is 12.6. The molecule has 0 saturated heterocycles. The summed E-state index contributed by atoms with van der Waals surface area (Å²) in [4.78, 5) is 18.4. The Morgan fingerprint density at radius 1 is 1.15 bits per heavy atom. The highest BCUT2D eigenvalue weighted by Crippen LogP contribution is 2.17. The number of rotatable bonds is 6. The van der Waals surface area contributed by atoms with Crippen LogP contribution in [0, 0.1) is 6.92 Å². The van der Waals surface area contributed by atoms with Gasteiger partial charge in [0.1, 0.15) is 5.75 Å². The number of nitrogens with zero attached hydrogens (tertiary/aromatic N) is 4. The molecule has 0 N–H and O–H groups in total. The van der Waals surface area contributed by atoms with E-state index in [2.05, 4.69) is 10.1 Å². The molecule has 0 aliphatic heterocycles. The van der Waals surface area contributed by atoms with Gasteiger partial charge in [-0.1, -0.05) is 0 Å². The van der Waals surface area contributed by atoms with Crippen LogP contribution >= 0.6 is 0 Å². The van der Waals surface area contributed by atoms with Crippen molar-refractivity contribution in [2.24, 2.45) is 0 Å². The third kappa shape index (κ3) is 3.91. The Morgan fingerprint density at radius 3 is 2.50 bits per heavy atom. The zero-order valence-electron chi connectivity index (χ0n) is 15.2. The lowest BCUT2D eigenvalue weighted by molar-refractivity contribution is 0.0790. The molecule has 0 aliphatic rings. The zero-order valence-corrected chi connectivity index (χ0v) is 15.2. The molecule has 3 rings (SSSR count). The van der Waals surface area contributed by atoms with Crippen LogP contribution in [0.15, 0.2) is 54.9 Å². The summed E-state index contributed by atoms with van der Waals surface area (Å²) in [5, 5.41) is 4.49. The minimum absolute atomic E-state index is 0.0885. The Morgan fingerprint density at radius 2 is 1.85 bits per heavy atom. The molecule has 6 heteroatoms. The predicted octanol–water partition coefficient (Wildman–Crippen LogP) is 2.90. The van der Waals surface area contributed by atoms with E-state index in [0.29, 0.717) is 12.2 Å². The van der Waals surface area contributed by atoms with Gasteiger partial charge in [0, 0.05) is 31.7 Å². The van der Waals surface area contributed by atoms with Crippen LogP contribution in [0.2, 0.25) is 0 Å². The Bertz CT molecular complexity index is 873. The number of carbonyl (C=O) groups is 1. The number of hydrogen-bond acceptors (Lipinski definition) is 4. The molecule has 1 amide bonds. The molecule has 0 fully saturated rings. The summed E-state index contributed by atoms with van der Waals surface area (Å²) in [6.45, 7) is 2.56. The second-order valence-electron chi connectivity index (χ2n) is 6.11. The van der Waals surface area contributed by atoms with Crippen molar-refractivity contribution in [3.05, 3.63) is 71.8 Å². The molecule has 0 unspecified atom stereocenters. The molecule has 2 aromatic heterocycles. The Kier molecular flexibility index (Phi) is 5.31. The first-order valence-electron chi connectivity index (χ1n) is 8.44. The van der Waals surface area contributed by atoms with Gasteiger partial charge in [0.15, 0.2) is 5.69 Å². The Hall–Kier alpha value is -3.15. The highest BCUT2D eigenvalue weighted by atomic mass is 16.5. The molecule has 0 spiro atoms. The summed E-state index contributed by atoms with van der Waals surface area (Å²) in [6.07, 6.45) is 4.30. The third-order valence-corrected chi connectivity index (χ3v) is 4.26. The first kappa shape index (κ1) is 17.7. The van der Waals surface area contributed by atoms with E-state index in [1.54, 1.807) is 36.1 Å². The lowest BCUT2D eigenvalue weighted by Gasteiger charge is -2.15. The molecule has 3 aromatic rings. The van der Waals surface area contributed by atoms with E-state index >= 15 is 0 Å². The van der Waals surface area contributed by atoms with Crippen molar-refractivity contribution in [1.29, 1.82) is 0 Å². The normalized spacial score (nSPS) is 10.6. The minimum Gasteiger partial charge on any atom is -0.497 e. The quantitative estimate of drug-likeness (QED) is 0.686. The Balaban J connectivity index is 1.71. The molecular formula is C20H22N4O2. The van der Waals surface area contributed by atoms with Crippen molar-refractivity contribution in [1.82, 2.24) is 19.7 Å². The Labute approximate surface area is 153 Å². The maximum atomic E-state index is 12.7. The number of amides is 1. The fourth-order valence-corrected chi connectivity index (χ4v) is 2.71. The molecule has 1 aromatic carbocycles. The average Bonchev–Trinajstić information content (AvgIpc) is 3.08. The smallest absolute Gasteiger partial charge is 0.274 e. The molecule has 26 heavy (non-hydrogen) atoms. The van der Waals surface area contributed by atoms with Crippen molar-refractivity contribution in [3.63, 3.8) is 0 Å². The van der Waals surface area contributed by atoms with Crippen molar-refractivity contribution in [2.45, 2.75) is 13.3 Å². The fraction of sp³-hybridized carbons (Fsp3) is 0.250. The van der Waals surface area contributed by atoms with Gasteiger partial charge < -0.3 is 9.64 Å². The summed E-state index contributed by atoms with van der Waals surface area (Å²) in [5.74, 6) is 0.695. The van der Waals surface area contributed by atoms with E-state index < -0.39 is 0 Å². The van der Waals surface area contributed by atoms with Gasteiger partial charge in [-0.25, -0.2) is 4.68 Å². The van der Waals surface area contributed by atoms with E-state index in [4.69, 9.17) is 4.74 Å². The molecule has 0 aliphatic carbocycles. The van der Waals surface area contributed by atoms with E-state index in [1.165, 1.54) is 0 Å². The first-order valence-corrected chi connectivity index (χ1v) is 8.44. The van der Waals surface area contributed by atoms with Crippen LogP contribution in [-0.2, 0) is 6.42 Å². The number of ether oxygens (including phenoxy) is 1. The molecule has 0 atom stereocenters. The maximum absolute atomic E-state index is 12.7. The monoisotopic (exact) mass is 350 g/mol. The highest BCUT2D eigenvalue weighted by molar-refractivity contribution is 5.92.